The van der Waals surface area contributed by atoms with Crippen LogP contribution in [0.2, 0.25) is 0 Å². The van der Waals surface area contributed by atoms with Crippen molar-refractivity contribution < 1.29 is 23.4 Å². The fraction of sp³-hybridized carbons (Fsp3) is 1.00. The second-order valence-corrected chi connectivity index (χ2v) is 8.60. The molecule has 0 aliphatic carbocycles. The average Bonchev–Trinajstić information content (AvgIpc) is 2.50. The van der Waals surface area contributed by atoms with Crippen LogP contribution in [0.15, 0.2) is 0 Å². The summed E-state index contributed by atoms with van der Waals surface area (Å²) in [6.07, 6.45) is 0.0306. The van der Waals surface area contributed by atoms with E-state index in [-0.39, 0.29) is 18.4 Å². The fourth-order valence-electron chi connectivity index (χ4n) is 3.25. The monoisotopic (exact) mass is 336 g/mol. The first-order valence-electron chi connectivity index (χ1n) is 7.97. The number of hydrogen-bond donors (Lipinski definition) is 2. The molecule has 0 bridgehead atoms. The van der Waals surface area contributed by atoms with Crippen LogP contribution in [0.1, 0.15) is 19.8 Å². The first kappa shape index (κ1) is 18.1. The molecule has 0 amide bonds. The van der Waals surface area contributed by atoms with Gasteiger partial charge in [0.1, 0.15) is 6.10 Å². The first-order valence-corrected chi connectivity index (χ1v) is 9.58. The van der Waals surface area contributed by atoms with Gasteiger partial charge in [-0.25, -0.2) is 12.7 Å². The Morgan fingerprint density at radius 3 is 2.45 bits per heavy atom. The molecule has 7 nitrogen and oxygen atoms in total. The van der Waals surface area contributed by atoms with Crippen LogP contribution >= 0.6 is 0 Å². The zero-order valence-electron chi connectivity index (χ0n) is 13.4. The lowest BCUT2D eigenvalue weighted by Gasteiger charge is -2.40. The van der Waals surface area contributed by atoms with E-state index in [0.29, 0.717) is 25.6 Å². The van der Waals surface area contributed by atoms with E-state index in [1.807, 2.05) is 11.9 Å². The zero-order chi connectivity index (χ0) is 16.3. The van der Waals surface area contributed by atoms with Crippen LogP contribution in [0.3, 0.4) is 0 Å². The molecule has 0 aromatic rings. The number of nitrogens with zero attached hydrogens (tertiary/aromatic N) is 2. The van der Waals surface area contributed by atoms with Gasteiger partial charge in [0, 0.05) is 19.6 Å². The third-order valence-electron chi connectivity index (χ3n) is 4.81. The van der Waals surface area contributed by atoms with Crippen molar-refractivity contribution in [2.24, 2.45) is 5.92 Å². The number of rotatable bonds is 5. The van der Waals surface area contributed by atoms with E-state index in [0.717, 1.165) is 19.4 Å². The van der Waals surface area contributed by atoms with Gasteiger partial charge in [-0.15, -0.1) is 0 Å². The van der Waals surface area contributed by atoms with Gasteiger partial charge in [0.25, 0.3) is 0 Å². The lowest BCUT2D eigenvalue weighted by atomic mass is 9.95. The molecule has 0 aromatic carbocycles. The average molecular weight is 336 g/mol. The Balaban J connectivity index is 1.83. The van der Waals surface area contributed by atoms with E-state index in [1.54, 1.807) is 11.2 Å². The van der Waals surface area contributed by atoms with Crippen LogP contribution in [0.4, 0.5) is 0 Å². The van der Waals surface area contributed by atoms with E-state index in [2.05, 4.69) is 0 Å². The highest BCUT2D eigenvalue weighted by molar-refractivity contribution is 7.89. The van der Waals surface area contributed by atoms with Gasteiger partial charge in [-0.05, 0) is 32.7 Å². The third-order valence-corrected chi connectivity index (χ3v) is 6.69. The van der Waals surface area contributed by atoms with Gasteiger partial charge in [0.2, 0.25) is 10.0 Å². The molecule has 0 saturated carbocycles. The van der Waals surface area contributed by atoms with Crippen molar-refractivity contribution in [2.75, 3.05) is 45.6 Å². The maximum absolute atomic E-state index is 11.8. The van der Waals surface area contributed by atoms with E-state index >= 15 is 0 Å². The summed E-state index contributed by atoms with van der Waals surface area (Å²) >= 11 is 0. The van der Waals surface area contributed by atoms with E-state index in [1.165, 1.54) is 0 Å². The van der Waals surface area contributed by atoms with Crippen molar-refractivity contribution in [3.63, 3.8) is 0 Å². The van der Waals surface area contributed by atoms with Crippen molar-refractivity contribution in [1.29, 1.82) is 0 Å². The van der Waals surface area contributed by atoms with Crippen LogP contribution in [0.5, 0.6) is 0 Å². The minimum absolute atomic E-state index is 0.154. The van der Waals surface area contributed by atoms with Crippen LogP contribution in [0, 0.1) is 5.92 Å². The Hall–Kier alpha value is -0.250. The van der Waals surface area contributed by atoms with Gasteiger partial charge in [0.15, 0.2) is 0 Å². The lowest BCUT2D eigenvalue weighted by Crippen LogP contribution is -2.56. The Kier molecular flexibility index (Phi) is 6.21. The first-order chi connectivity index (χ1) is 10.3. The SMILES string of the molecule is CCS(=O)(=O)N1CCC(CN(C)[C@@H]2COC[C@@H](O)[C@H]2O)CC1. The smallest absolute Gasteiger partial charge is 0.213 e. The topological polar surface area (TPSA) is 90.3 Å². The summed E-state index contributed by atoms with van der Waals surface area (Å²) in [5.74, 6) is 0.556. The predicted octanol–water partition coefficient (Wildman–Crippen LogP) is -0.899. The molecule has 3 atom stereocenters. The van der Waals surface area contributed by atoms with Crippen LogP contribution in [-0.2, 0) is 14.8 Å². The molecule has 130 valence electrons. The van der Waals surface area contributed by atoms with Crippen LogP contribution < -0.4 is 0 Å². The highest BCUT2D eigenvalue weighted by atomic mass is 32.2. The number of aliphatic hydroxyl groups is 2. The van der Waals surface area contributed by atoms with Crippen molar-refractivity contribution in [1.82, 2.24) is 9.21 Å². The van der Waals surface area contributed by atoms with Crippen molar-refractivity contribution in [3.8, 4) is 0 Å². The summed E-state index contributed by atoms with van der Waals surface area (Å²) < 4.78 is 30.6. The summed E-state index contributed by atoms with van der Waals surface area (Å²) in [5, 5.41) is 19.7. The molecule has 0 aromatic heterocycles. The number of likely N-dealkylation sites (N-methyl/N-ethyl adjacent to an activating group) is 1. The summed E-state index contributed by atoms with van der Waals surface area (Å²) in [5.41, 5.74) is 0. The van der Waals surface area contributed by atoms with E-state index in [4.69, 9.17) is 4.74 Å². The highest BCUT2D eigenvalue weighted by Gasteiger charge is 2.35. The molecular weight excluding hydrogens is 308 g/mol. The molecule has 2 aliphatic heterocycles. The van der Waals surface area contributed by atoms with E-state index in [9.17, 15) is 18.6 Å². The van der Waals surface area contributed by atoms with Gasteiger partial charge < -0.3 is 14.9 Å². The summed E-state index contributed by atoms with van der Waals surface area (Å²) in [7, 11) is -1.16. The maximum Gasteiger partial charge on any atom is 0.213 e. The number of hydrogen-bond acceptors (Lipinski definition) is 6. The normalized spacial score (nSPS) is 32.5. The minimum atomic E-state index is -3.08. The molecule has 2 N–H and O–H groups in total. The van der Waals surface area contributed by atoms with Gasteiger partial charge in [-0.1, -0.05) is 0 Å². The Morgan fingerprint density at radius 1 is 1.23 bits per heavy atom. The second kappa shape index (κ2) is 7.55. The Bertz CT molecular complexity index is 450. The highest BCUT2D eigenvalue weighted by Crippen LogP contribution is 2.23. The predicted molar refractivity (Wildman–Crippen MR) is 83.0 cm³/mol. The summed E-state index contributed by atoms with van der Waals surface area (Å²) in [6, 6.07) is -0.207. The van der Waals surface area contributed by atoms with Crippen molar-refractivity contribution >= 4 is 10.0 Å². The third kappa shape index (κ3) is 4.18. The molecule has 0 radical (unpaired) electrons. The standard InChI is InChI=1S/C14H28N2O5S/c1-3-22(19,20)16-6-4-11(5-7-16)8-15(2)12-9-21-10-13(17)14(12)18/h11-14,17-18H,3-10H2,1-2H3/t12-,13-,14+/m1/s1. The fourth-order valence-corrected chi connectivity index (χ4v) is 4.38. The van der Waals surface area contributed by atoms with Gasteiger partial charge >= 0.3 is 0 Å². The molecular formula is C14H28N2O5S. The summed E-state index contributed by atoms with van der Waals surface area (Å²) in [4.78, 5) is 2.03. The maximum atomic E-state index is 11.8. The minimum Gasteiger partial charge on any atom is -0.389 e. The molecule has 2 rings (SSSR count). The van der Waals surface area contributed by atoms with Crippen molar-refractivity contribution in [2.45, 2.75) is 38.0 Å². The molecule has 2 saturated heterocycles. The van der Waals surface area contributed by atoms with Crippen LogP contribution in [0.25, 0.3) is 0 Å². The summed E-state index contributed by atoms with van der Waals surface area (Å²) in [6.45, 7) is 4.18. The quantitative estimate of drug-likeness (QED) is 0.676. The van der Waals surface area contributed by atoms with Gasteiger partial charge in [-0.2, -0.15) is 0 Å². The Morgan fingerprint density at radius 2 is 1.86 bits per heavy atom. The Labute approximate surface area is 132 Å². The zero-order valence-corrected chi connectivity index (χ0v) is 14.2. The van der Waals surface area contributed by atoms with Crippen LogP contribution in [-0.4, -0.2) is 91.7 Å². The van der Waals surface area contributed by atoms with Gasteiger partial charge in [-0.3, -0.25) is 4.90 Å². The number of ether oxygens (including phenoxy) is 1. The molecule has 2 aliphatic rings. The number of piperidine rings is 1. The number of aliphatic hydroxyl groups excluding tert-OH is 2. The lowest BCUT2D eigenvalue weighted by molar-refractivity contribution is -0.130. The molecule has 8 heteroatoms. The molecule has 22 heavy (non-hydrogen) atoms. The largest absolute Gasteiger partial charge is 0.389 e. The number of sulfonamides is 1. The molecule has 2 heterocycles. The molecule has 2 fully saturated rings. The van der Waals surface area contributed by atoms with Gasteiger partial charge in [0.05, 0.1) is 31.1 Å². The molecule has 0 unspecified atom stereocenters. The van der Waals surface area contributed by atoms with Crippen molar-refractivity contribution in [3.05, 3.63) is 0 Å². The van der Waals surface area contributed by atoms with E-state index < -0.39 is 22.2 Å². The molecule has 0 spiro atoms. The second-order valence-electron chi connectivity index (χ2n) is 6.35.